The molecule has 104 valence electrons. The minimum Gasteiger partial charge on any atom is -0.409 e. The molecule has 2 rings (SSSR count). The summed E-state index contributed by atoms with van der Waals surface area (Å²) in [5.74, 6) is 0.355. The summed E-state index contributed by atoms with van der Waals surface area (Å²) in [6.07, 6.45) is 3.05. The Hall–Kier alpha value is -1.55. The Morgan fingerprint density at radius 2 is 2.05 bits per heavy atom. The lowest BCUT2D eigenvalue weighted by molar-refractivity contribution is 0.223. The van der Waals surface area contributed by atoms with Crippen LogP contribution in [0.25, 0.3) is 0 Å². The van der Waals surface area contributed by atoms with Crippen molar-refractivity contribution in [2.45, 2.75) is 32.7 Å². The molecular formula is C15H23N3O. The van der Waals surface area contributed by atoms with Gasteiger partial charge >= 0.3 is 0 Å². The Morgan fingerprint density at radius 1 is 1.37 bits per heavy atom. The smallest absolute Gasteiger partial charge is 0.139 e. The zero-order valence-electron chi connectivity index (χ0n) is 11.5. The molecule has 0 aromatic heterocycles. The van der Waals surface area contributed by atoms with Gasteiger partial charge < -0.3 is 10.9 Å². The lowest BCUT2D eigenvalue weighted by Gasteiger charge is -2.26. The van der Waals surface area contributed by atoms with Crippen LogP contribution in [0.15, 0.2) is 35.5 Å². The predicted octanol–water partition coefficient (Wildman–Crippen LogP) is 2.43. The fourth-order valence-corrected chi connectivity index (χ4v) is 2.58. The van der Waals surface area contributed by atoms with Crippen molar-refractivity contribution >= 4 is 5.84 Å². The minimum absolute atomic E-state index is 0.237. The van der Waals surface area contributed by atoms with E-state index in [0.717, 1.165) is 19.6 Å². The Morgan fingerprint density at radius 3 is 2.58 bits per heavy atom. The normalized spacial score (nSPS) is 17.7. The molecule has 0 radical (unpaired) electrons. The molecule has 1 aromatic carbocycles. The van der Waals surface area contributed by atoms with Crippen LogP contribution in [-0.2, 0) is 6.54 Å². The van der Waals surface area contributed by atoms with Gasteiger partial charge in [-0.3, -0.25) is 4.90 Å². The van der Waals surface area contributed by atoms with E-state index in [4.69, 9.17) is 10.9 Å². The van der Waals surface area contributed by atoms with Crippen LogP contribution in [0.3, 0.4) is 0 Å². The van der Waals surface area contributed by atoms with Crippen LogP contribution in [0.4, 0.5) is 0 Å². The molecule has 1 aliphatic carbocycles. The zero-order valence-corrected chi connectivity index (χ0v) is 11.5. The second kappa shape index (κ2) is 6.06. The number of nitrogens with zero attached hydrogens (tertiary/aromatic N) is 2. The Balaban J connectivity index is 1.92. The molecule has 4 heteroatoms. The topological polar surface area (TPSA) is 61.8 Å². The Labute approximate surface area is 114 Å². The second-order valence-electron chi connectivity index (χ2n) is 5.56. The first-order valence-electron chi connectivity index (χ1n) is 6.90. The van der Waals surface area contributed by atoms with Crippen molar-refractivity contribution in [2.75, 3.05) is 13.1 Å². The summed E-state index contributed by atoms with van der Waals surface area (Å²) in [7, 11) is 0. The van der Waals surface area contributed by atoms with Gasteiger partial charge in [0.25, 0.3) is 0 Å². The number of oxime groups is 1. The first-order valence-corrected chi connectivity index (χ1v) is 6.90. The van der Waals surface area contributed by atoms with Gasteiger partial charge in [0.2, 0.25) is 0 Å². The second-order valence-corrected chi connectivity index (χ2v) is 5.56. The first-order chi connectivity index (χ1) is 9.17. The highest BCUT2D eigenvalue weighted by Crippen LogP contribution is 2.49. The van der Waals surface area contributed by atoms with Crippen molar-refractivity contribution in [3.8, 4) is 0 Å². The van der Waals surface area contributed by atoms with E-state index >= 15 is 0 Å². The van der Waals surface area contributed by atoms with Gasteiger partial charge in [0.1, 0.15) is 5.84 Å². The quantitative estimate of drug-likeness (QED) is 0.343. The first kappa shape index (κ1) is 13.9. The molecule has 0 aliphatic heterocycles. The van der Waals surface area contributed by atoms with Crippen molar-refractivity contribution < 1.29 is 5.21 Å². The Kier molecular flexibility index (Phi) is 4.43. The van der Waals surface area contributed by atoms with E-state index in [2.05, 4.69) is 41.2 Å². The highest BCUT2D eigenvalue weighted by molar-refractivity contribution is 5.80. The third kappa shape index (κ3) is 3.96. The van der Waals surface area contributed by atoms with E-state index in [1.807, 2.05) is 6.07 Å². The summed E-state index contributed by atoms with van der Waals surface area (Å²) in [6, 6.07) is 10.5. The van der Waals surface area contributed by atoms with Crippen molar-refractivity contribution in [1.29, 1.82) is 0 Å². The van der Waals surface area contributed by atoms with Gasteiger partial charge in [0.05, 0.1) is 0 Å². The average Bonchev–Trinajstić information content (AvgIpc) is 3.18. The highest BCUT2D eigenvalue weighted by atomic mass is 16.4. The molecule has 0 atom stereocenters. The molecule has 0 heterocycles. The van der Waals surface area contributed by atoms with E-state index in [-0.39, 0.29) is 5.41 Å². The van der Waals surface area contributed by atoms with Gasteiger partial charge in [0.15, 0.2) is 0 Å². The maximum atomic E-state index is 8.70. The summed E-state index contributed by atoms with van der Waals surface area (Å²) >= 11 is 0. The van der Waals surface area contributed by atoms with Crippen molar-refractivity contribution in [1.82, 2.24) is 4.90 Å². The lowest BCUT2D eigenvalue weighted by atomic mass is 10.0. The molecule has 1 fully saturated rings. The molecule has 4 nitrogen and oxygen atoms in total. The SMILES string of the molecule is CCN(Cc1ccccc1)CC1(CC(N)=NO)CC1. The van der Waals surface area contributed by atoms with Gasteiger partial charge in [-0.25, -0.2) is 0 Å². The van der Waals surface area contributed by atoms with E-state index in [9.17, 15) is 0 Å². The maximum Gasteiger partial charge on any atom is 0.139 e. The van der Waals surface area contributed by atoms with Crippen LogP contribution >= 0.6 is 0 Å². The van der Waals surface area contributed by atoms with Gasteiger partial charge in [0, 0.05) is 19.5 Å². The van der Waals surface area contributed by atoms with Crippen LogP contribution in [0.5, 0.6) is 0 Å². The van der Waals surface area contributed by atoms with Gasteiger partial charge in [-0.15, -0.1) is 0 Å². The van der Waals surface area contributed by atoms with Crippen molar-refractivity contribution in [2.24, 2.45) is 16.3 Å². The summed E-state index contributed by atoms with van der Waals surface area (Å²) in [4.78, 5) is 2.44. The van der Waals surface area contributed by atoms with Gasteiger partial charge in [-0.2, -0.15) is 0 Å². The zero-order chi connectivity index (χ0) is 13.7. The van der Waals surface area contributed by atoms with Crippen molar-refractivity contribution in [3.63, 3.8) is 0 Å². The van der Waals surface area contributed by atoms with Crippen LogP contribution in [0.1, 0.15) is 31.7 Å². The fourth-order valence-electron chi connectivity index (χ4n) is 2.58. The fraction of sp³-hybridized carbons (Fsp3) is 0.533. The molecule has 19 heavy (non-hydrogen) atoms. The molecule has 0 unspecified atom stereocenters. The number of hydrogen-bond donors (Lipinski definition) is 2. The van der Waals surface area contributed by atoms with Crippen LogP contribution in [-0.4, -0.2) is 29.0 Å². The summed E-state index contributed by atoms with van der Waals surface area (Å²) in [5, 5.41) is 11.8. The minimum atomic E-state index is 0.237. The maximum absolute atomic E-state index is 8.70. The summed E-state index contributed by atoms with van der Waals surface area (Å²) in [5.41, 5.74) is 7.22. The number of rotatable bonds is 7. The molecule has 0 amide bonds. The average molecular weight is 261 g/mol. The Bertz CT molecular complexity index is 426. The monoisotopic (exact) mass is 261 g/mol. The van der Waals surface area contributed by atoms with E-state index < -0.39 is 0 Å². The summed E-state index contributed by atoms with van der Waals surface area (Å²) in [6.45, 7) is 5.19. The summed E-state index contributed by atoms with van der Waals surface area (Å²) < 4.78 is 0. The van der Waals surface area contributed by atoms with Crippen LogP contribution < -0.4 is 5.73 Å². The number of hydrogen-bond acceptors (Lipinski definition) is 3. The molecular weight excluding hydrogens is 238 g/mol. The van der Waals surface area contributed by atoms with Gasteiger partial charge in [-0.05, 0) is 30.4 Å². The molecule has 0 bridgehead atoms. The number of nitrogens with two attached hydrogens (primary N) is 1. The number of benzene rings is 1. The molecule has 3 N–H and O–H groups in total. The molecule has 0 saturated heterocycles. The van der Waals surface area contributed by atoms with Crippen LogP contribution in [0, 0.1) is 5.41 Å². The molecule has 1 aliphatic rings. The highest BCUT2D eigenvalue weighted by Gasteiger charge is 2.44. The van der Waals surface area contributed by atoms with E-state index in [0.29, 0.717) is 12.3 Å². The third-order valence-electron chi connectivity index (χ3n) is 3.90. The molecule has 1 saturated carbocycles. The van der Waals surface area contributed by atoms with E-state index in [1.165, 1.54) is 18.4 Å². The van der Waals surface area contributed by atoms with E-state index in [1.54, 1.807) is 0 Å². The number of amidine groups is 1. The largest absolute Gasteiger partial charge is 0.409 e. The molecule has 1 aromatic rings. The van der Waals surface area contributed by atoms with Crippen molar-refractivity contribution in [3.05, 3.63) is 35.9 Å². The lowest BCUT2D eigenvalue weighted by Crippen LogP contribution is -2.32. The standard InChI is InChI=1S/C15H23N3O/c1-2-18(11-13-6-4-3-5-7-13)12-15(8-9-15)10-14(16)17-19/h3-7,19H,2,8-12H2,1H3,(H2,16,17). The third-order valence-corrected chi connectivity index (χ3v) is 3.90. The van der Waals surface area contributed by atoms with Gasteiger partial charge in [-0.1, -0.05) is 42.4 Å². The molecule has 0 spiro atoms. The predicted molar refractivity (Wildman–Crippen MR) is 77.1 cm³/mol. The van der Waals surface area contributed by atoms with Crippen LogP contribution in [0.2, 0.25) is 0 Å².